The normalized spacial score (nSPS) is 14.9. The van der Waals surface area contributed by atoms with Crippen molar-refractivity contribution in [2.45, 2.75) is 13.8 Å². The molecule has 1 saturated heterocycles. The van der Waals surface area contributed by atoms with Gasteiger partial charge in [0, 0.05) is 44.5 Å². The summed E-state index contributed by atoms with van der Waals surface area (Å²) in [4.78, 5) is 24.8. The van der Waals surface area contributed by atoms with E-state index in [1.165, 1.54) is 0 Å². The summed E-state index contributed by atoms with van der Waals surface area (Å²) in [7, 11) is 0. The number of carbonyl (C=O) groups is 1. The van der Waals surface area contributed by atoms with E-state index < -0.39 is 0 Å². The molecule has 0 atom stereocenters. The van der Waals surface area contributed by atoms with E-state index in [4.69, 9.17) is 9.26 Å². The number of nitrogens with zero attached hydrogens (tertiary/aromatic N) is 5. The quantitative estimate of drug-likeness (QED) is 0.835. The van der Waals surface area contributed by atoms with Crippen molar-refractivity contribution < 1.29 is 14.1 Å². The molecule has 1 amide bonds. The molecule has 2 aromatic heterocycles. The first kappa shape index (κ1) is 15.3. The molecule has 3 heterocycles. The van der Waals surface area contributed by atoms with Crippen LogP contribution in [0, 0.1) is 6.92 Å². The average molecular weight is 317 g/mol. The van der Waals surface area contributed by atoms with E-state index in [1.807, 2.05) is 11.8 Å². The predicted octanol–water partition coefficient (Wildman–Crippen LogP) is 1.13. The first-order valence-corrected chi connectivity index (χ1v) is 7.60. The molecule has 0 saturated carbocycles. The molecule has 8 nitrogen and oxygen atoms in total. The first-order valence-electron chi connectivity index (χ1n) is 7.60. The van der Waals surface area contributed by atoms with Crippen LogP contribution in [0.15, 0.2) is 22.9 Å². The number of carbonyl (C=O) groups excluding carboxylic acids is 1. The number of ether oxygens (including phenoxy) is 1. The minimum Gasteiger partial charge on any atom is -0.478 e. The highest BCUT2D eigenvalue weighted by molar-refractivity contribution is 5.92. The Balaban J connectivity index is 1.62. The molecule has 2 aromatic rings. The molecule has 0 aliphatic carbocycles. The van der Waals surface area contributed by atoms with Gasteiger partial charge in [-0.2, -0.15) is 4.98 Å². The molecule has 122 valence electrons. The van der Waals surface area contributed by atoms with Crippen LogP contribution in [0.1, 0.15) is 23.2 Å². The molecule has 1 fully saturated rings. The van der Waals surface area contributed by atoms with Gasteiger partial charge in [0.15, 0.2) is 5.69 Å². The lowest BCUT2D eigenvalue weighted by atomic mass is 10.2. The van der Waals surface area contributed by atoms with Crippen molar-refractivity contribution in [3.05, 3.63) is 29.8 Å². The number of rotatable bonds is 4. The number of aromatic nitrogens is 3. The van der Waals surface area contributed by atoms with E-state index in [9.17, 15) is 4.79 Å². The van der Waals surface area contributed by atoms with Gasteiger partial charge >= 0.3 is 0 Å². The van der Waals surface area contributed by atoms with Gasteiger partial charge in [-0.25, -0.2) is 4.98 Å². The SMILES string of the molecule is CCOc1ccnc(N2CCN(C(=O)c3cc(C)on3)CC2)n1. The Morgan fingerprint density at radius 1 is 1.35 bits per heavy atom. The van der Waals surface area contributed by atoms with Gasteiger partial charge in [-0.1, -0.05) is 5.16 Å². The summed E-state index contributed by atoms with van der Waals surface area (Å²) in [6, 6.07) is 3.39. The largest absolute Gasteiger partial charge is 0.478 e. The molecule has 3 rings (SSSR count). The standard InChI is InChI=1S/C15H19N5O3/c1-3-22-13-4-5-16-15(17-13)20-8-6-19(7-9-20)14(21)12-10-11(2)23-18-12/h4-5,10H,3,6-9H2,1-2H3. The third kappa shape index (κ3) is 3.41. The predicted molar refractivity (Wildman–Crippen MR) is 82.6 cm³/mol. The summed E-state index contributed by atoms with van der Waals surface area (Å²) in [5.74, 6) is 1.72. The van der Waals surface area contributed by atoms with Crippen LogP contribution in [0.4, 0.5) is 5.95 Å². The lowest BCUT2D eigenvalue weighted by molar-refractivity contribution is 0.0735. The fourth-order valence-corrected chi connectivity index (χ4v) is 2.45. The number of hydrogen-bond acceptors (Lipinski definition) is 7. The maximum absolute atomic E-state index is 12.3. The Hall–Kier alpha value is -2.64. The second-order valence-corrected chi connectivity index (χ2v) is 5.23. The minimum absolute atomic E-state index is 0.106. The molecule has 23 heavy (non-hydrogen) atoms. The Bertz CT molecular complexity index is 679. The van der Waals surface area contributed by atoms with Crippen LogP contribution in [-0.2, 0) is 0 Å². The Morgan fingerprint density at radius 2 is 2.13 bits per heavy atom. The van der Waals surface area contributed by atoms with Crippen LogP contribution in [0.2, 0.25) is 0 Å². The monoisotopic (exact) mass is 317 g/mol. The second-order valence-electron chi connectivity index (χ2n) is 5.23. The maximum Gasteiger partial charge on any atom is 0.276 e. The summed E-state index contributed by atoms with van der Waals surface area (Å²) in [6.07, 6.45) is 1.68. The lowest BCUT2D eigenvalue weighted by Gasteiger charge is -2.34. The van der Waals surface area contributed by atoms with E-state index in [0.717, 1.165) is 0 Å². The van der Waals surface area contributed by atoms with Crippen LogP contribution in [-0.4, -0.2) is 58.7 Å². The highest BCUT2D eigenvalue weighted by Gasteiger charge is 2.25. The molecule has 0 aromatic carbocycles. The van der Waals surface area contributed by atoms with Crippen LogP contribution in [0.25, 0.3) is 0 Å². The molecule has 0 bridgehead atoms. The van der Waals surface area contributed by atoms with Crippen LogP contribution >= 0.6 is 0 Å². The Morgan fingerprint density at radius 3 is 2.78 bits per heavy atom. The van der Waals surface area contributed by atoms with E-state index in [2.05, 4.69) is 15.1 Å². The molecule has 1 aliphatic rings. The third-order valence-electron chi connectivity index (χ3n) is 3.61. The van der Waals surface area contributed by atoms with E-state index in [-0.39, 0.29) is 5.91 Å². The van der Waals surface area contributed by atoms with Crippen LogP contribution < -0.4 is 9.64 Å². The van der Waals surface area contributed by atoms with Crippen LogP contribution in [0.5, 0.6) is 5.88 Å². The zero-order valence-electron chi connectivity index (χ0n) is 13.2. The number of piperazine rings is 1. The van der Waals surface area contributed by atoms with Crippen LogP contribution in [0.3, 0.4) is 0 Å². The molecule has 8 heteroatoms. The molecule has 0 unspecified atom stereocenters. The lowest BCUT2D eigenvalue weighted by Crippen LogP contribution is -2.49. The summed E-state index contributed by atoms with van der Waals surface area (Å²) in [5.41, 5.74) is 0.352. The van der Waals surface area contributed by atoms with E-state index in [1.54, 1.807) is 30.2 Å². The fourth-order valence-electron chi connectivity index (χ4n) is 2.45. The van der Waals surface area contributed by atoms with Gasteiger partial charge in [0.1, 0.15) is 5.76 Å². The van der Waals surface area contributed by atoms with Crippen molar-refractivity contribution in [3.8, 4) is 5.88 Å². The number of amides is 1. The highest BCUT2D eigenvalue weighted by Crippen LogP contribution is 2.16. The van der Waals surface area contributed by atoms with E-state index >= 15 is 0 Å². The topological polar surface area (TPSA) is 84.6 Å². The van der Waals surface area contributed by atoms with Crippen molar-refractivity contribution in [2.75, 3.05) is 37.7 Å². The van der Waals surface area contributed by atoms with Crippen molar-refractivity contribution in [3.63, 3.8) is 0 Å². The van der Waals surface area contributed by atoms with Gasteiger partial charge < -0.3 is 19.1 Å². The van der Waals surface area contributed by atoms with Gasteiger partial charge in [0.2, 0.25) is 11.8 Å². The highest BCUT2D eigenvalue weighted by atomic mass is 16.5. The first-order chi connectivity index (χ1) is 11.2. The summed E-state index contributed by atoms with van der Waals surface area (Å²) >= 11 is 0. The zero-order valence-corrected chi connectivity index (χ0v) is 13.2. The Labute approximate surface area is 134 Å². The summed E-state index contributed by atoms with van der Waals surface area (Å²) in [6.45, 7) is 6.76. The minimum atomic E-state index is -0.106. The average Bonchev–Trinajstić information content (AvgIpc) is 3.01. The zero-order chi connectivity index (χ0) is 16.2. The van der Waals surface area contributed by atoms with Crippen molar-refractivity contribution in [2.24, 2.45) is 0 Å². The number of anilines is 1. The van der Waals surface area contributed by atoms with E-state index in [0.29, 0.717) is 56.1 Å². The second kappa shape index (κ2) is 6.64. The number of hydrogen-bond donors (Lipinski definition) is 0. The summed E-state index contributed by atoms with van der Waals surface area (Å²) in [5, 5.41) is 3.78. The summed E-state index contributed by atoms with van der Waals surface area (Å²) < 4.78 is 10.4. The molecular formula is C15H19N5O3. The smallest absolute Gasteiger partial charge is 0.276 e. The fraction of sp³-hybridized carbons (Fsp3) is 0.467. The Kier molecular flexibility index (Phi) is 4.40. The molecule has 1 aliphatic heterocycles. The molecule has 0 spiro atoms. The van der Waals surface area contributed by atoms with Crippen molar-refractivity contribution in [1.29, 1.82) is 0 Å². The maximum atomic E-state index is 12.3. The number of aryl methyl sites for hydroxylation is 1. The van der Waals surface area contributed by atoms with Crippen molar-refractivity contribution in [1.82, 2.24) is 20.0 Å². The van der Waals surface area contributed by atoms with Gasteiger partial charge in [0.05, 0.1) is 6.61 Å². The molecule has 0 N–H and O–H groups in total. The molecular weight excluding hydrogens is 298 g/mol. The third-order valence-corrected chi connectivity index (χ3v) is 3.61. The van der Waals surface area contributed by atoms with Crippen molar-refractivity contribution >= 4 is 11.9 Å². The van der Waals surface area contributed by atoms with Gasteiger partial charge in [-0.3, -0.25) is 4.79 Å². The van der Waals surface area contributed by atoms with Gasteiger partial charge in [-0.15, -0.1) is 0 Å². The molecule has 0 radical (unpaired) electrons. The van der Waals surface area contributed by atoms with Gasteiger partial charge in [0.25, 0.3) is 5.91 Å². The van der Waals surface area contributed by atoms with Gasteiger partial charge in [-0.05, 0) is 13.8 Å².